The molecule has 116 valence electrons. The number of hydrogen-bond donors (Lipinski definition) is 2. The molecular formula is C16H23ClN2O2. The summed E-state index contributed by atoms with van der Waals surface area (Å²) < 4.78 is 5.52. The summed E-state index contributed by atoms with van der Waals surface area (Å²) >= 11 is 6.17. The van der Waals surface area contributed by atoms with E-state index in [9.17, 15) is 4.79 Å². The van der Waals surface area contributed by atoms with Gasteiger partial charge in [0, 0.05) is 5.69 Å². The number of carbonyl (C=O) groups excluding carboxylic acids is 1. The van der Waals surface area contributed by atoms with E-state index in [2.05, 4.69) is 17.6 Å². The van der Waals surface area contributed by atoms with Gasteiger partial charge in [-0.3, -0.25) is 4.79 Å². The minimum absolute atomic E-state index is 0.000145. The molecule has 1 aliphatic rings. The van der Waals surface area contributed by atoms with Gasteiger partial charge in [-0.15, -0.1) is 0 Å². The molecule has 1 heterocycles. The van der Waals surface area contributed by atoms with E-state index in [-0.39, 0.29) is 11.9 Å². The van der Waals surface area contributed by atoms with E-state index in [0.29, 0.717) is 29.0 Å². The summed E-state index contributed by atoms with van der Waals surface area (Å²) in [5.41, 5.74) is 0.703. The first kappa shape index (κ1) is 16.1. The molecule has 0 saturated carbocycles. The molecule has 2 atom stereocenters. The molecule has 0 aromatic heterocycles. The van der Waals surface area contributed by atoms with Crippen molar-refractivity contribution in [3.05, 3.63) is 23.2 Å². The first-order chi connectivity index (χ1) is 10.1. The van der Waals surface area contributed by atoms with E-state index in [1.54, 1.807) is 12.1 Å². The quantitative estimate of drug-likeness (QED) is 0.875. The van der Waals surface area contributed by atoms with Gasteiger partial charge < -0.3 is 15.4 Å². The van der Waals surface area contributed by atoms with Crippen LogP contribution in [0.5, 0.6) is 5.75 Å². The van der Waals surface area contributed by atoms with E-state index in [0.717, 1.165) is 25.8 Å². The molecule has 0 aliphatic carbocycles. The Balaban J connectivity index is 1.96. The highest BCUT2D eigenvalue weighted by Gasteiger charge is 2.24. The molecule has 0 radical (unpaired) electrons. The molecule has 4 nitrogen and oxygen atoms in total. The fourth-order valence-electron chi connectivity index (χ4n) is 2.44. The maximum absolute atomic E-state index is 12.2. The molecule has 2 N–H and O–H groups in total. The highest BCUT2D eigenvalue weighted by Crippen LogP contribution is 2.28. The van der Waals surface area contributed by atoms with Gasteiger partial charge in [-0.2, -0.15) is 0 Å². The summed E-state index contributed by atoms with van der Waals surface area (Å²) in [4.78, 5) is 12.2. The molecule has 21 heavy (non-hydrogen) atoms. The van der Waals surface area contributed by atoms with Gasteiger partial charge in [-0.05, 0) is 49.9 Å². The van der Waals surface area contributed by atoms with E-state index in [1.807, 2.05) is 13.0 Å². The number of piperidine rings is 1. The van der Waals surface area contributed by atoms with Gasteiger partial charge in [-0.25, -0.2) is 0 Å². The van der Waals surface area contributed by atoms with Crippen LogP contribution in [0.25, 0.3) is 0 Å². The Labute approximate surface area is 131 Å². The van der Waals surface area contributed by atoms with E-state index in [1.165, 1.54) is 0 Å². The lowest BCUT2D eigenvalue weighted by Crippen LogP contribution is -2.45. The number of hydrogen-bond acceptors (Lipinski definition) is 3. The largest absolute Gasteiger partial charge is 0.492 e. The summed E-state index contributed by atoms with van der Waals surface area (Å²) in [6.45, 7) is 5.75. The Kier molecular flexibility index (Phi) is 5.88. The third-order valence-corrected chi connectivity index (χ3v) is 3.94. The van der Waals surface area contributed by atoms with Crippen LogP contribution in [-0.2, 0) is 4.79 Å². The number of halogens is 1. The van der Waals surface area contributed by atoms with Crippen LogP contribution in [0, 0.1) is 5.92 Å². The zero-order chi connectivity index (χ0) is 15.2. The number of rotatable bonds is 5. The number of benzene rings is 1. The van der Waals surface area contributed by atoms with E-state index in [4.69, 9.17) is 16.3 Å². The van der Waals surface area contributed by atoms with Crippen LogP contribution in [0.1, 0.15) is 33.1 Å². The average molecular weight is 311 g/mol. The third kappa shape index (κ3) is 4.61. The Bertz CT molecular complexity index is 493. The van der Waals surface area contributed by atoms with Gasteiger partial charge in [-0.1, -0.05) is 25.4 Å². The minimum atomic E-state index is -0.122. The molecule has 1 amide bonds. The molecule has 2 unspecified atom stereocenters. The molecular weight excluding hydrogens is 288 g/mol. The predicted octanol–water partition coefficient (Wildman–Crippen LogP) is 3.46. The fourth-order valence-corrected chi connectivity index (χ4v) is 2.68. The van der Waals surface area contributed by atoms with Crippen molar-refractivity contribution in [3.8, 4) is 5.75 Å². The predicted molar refractivity (Wildman–Crippen MR) is 86.1 cm³/mol. The number of carbonyl (C=O) groups is 1. The number of nitrogens with one attached hydrogen (secondary N) is 2. The highest BCUT2D eigenvalue weighted by molar-refractivity contribution is 6.32. The second kappa shape index (κ2) is 7.66. The molecule has 1 aromatic rings. The molecule has 1 fully saturated rings. The molecule has 0 spiro atoms. The monoisotopic (exact) mass is 310 g/mol. The van der Waals surface area contributed by atoms with Crippen LogP contribution in [0.3, 0.4) is 0 Å². The SMILES string of the molecule is CCCOc1ccc(NC(=O)C2CC(C)CCN2)cc1Cl. The van der Waals surface area contributed by atoms with Crippen LogP contribution in [0.2, 0.25) is 5.02 Å². The Morgan fingerprint density at radius 2 is 2.33 bits per heavy atom. The summed E-state index contributed by atoms with van der Waals surface area (Å²) in [5, 5.41) is 6.69. The Morgan fingerprint density at radius 1 is 1.52 bits per heavy atom. The van der Waals surface area contributed by atoms with Crippen LogP contribution < -0.4 is 15.4 Å². The summed E-state index contributed by atoms with van der Waals surface area (Å²) in [5.74, 6) is 1.23. The number of amides is 1. The van der Waals surface area contributed by atoms with Crippen molar-refractivity contribution in [2.75, 3.05) is 18.5 Å². The molecule has 2 rings (SSSR count). The fraction of sp³-hybridized carbons (Fsp3) is 0.562. The maximum atomic E-state index is 12.2. The van der Waals surface area contributed by atoms with Crippen molar-refractivity contribution in [2.24, 2.45) is 5.92 Å². The minimum Gasteiger partial charge on any atom is -0.492 e. The molecule has 5 heteroatoms. The lowest BCUT2D eigenvalue weighted by atomic mass is 9.94. The van der Waals surface area contributed by atoms with Crippen molar-refractivity contribution >= 4 is 23.2 Å². The molecule has 1 saturated heterocycles. The van der Waals surface area contributed by atoms with Crippen molar-refractivity contribution in [1.29, 1.82) is 0 Å². The second-order valence-electron chi connectivity index (χ2n) is 5.62. The van der Waals surface area contributed by atoms with Gasteiger partial charge in [0.1, 0.15) is 5.75 Å². The first-order valence-electron chi connectivity index (χ1n) is 7.56. The molecule has 0 bridgehead atoms. The topological polar surface area (TPSA) is 50.4 Å². The average Bonchev–Trinajstić information content (AvgIpc) is 2.46. The van der Waals surface area contributed by atoms with Crippen molar-refractivity contribution < 1.29 is 9.53 Å². The number of anilines is 1. The van der Waals surface area contributed by atoms with Gasteiger partial charge >= 0.3 is 0 Å². The first-order valence-corrected chi connectivity index (χ1v) is 7.94. The summed E-state index contributed by atoms with van der Waals surface area (Å²) in [6, 6.07) is 5.23. The summed E-state index contributed by atoms with van der Waals surface area (Å²) in [7, 11) is 0. The van der Waals surface area contributed by atoms with E-state index >= 15 is 0 Å². The third-order valence-electron chi connectivity index (χ3n) is 3.64. The molecule has 1 aliphatic heterocycles. The van der Waals surface area contributed by atoms with Crippen molar-refractivity contribution in [1.82, 2.24) is 5.32 Å². The zero-order valence-electron chi connectivity index (χ0n) is 12.6. The zero-order valence-corrected chi connectivity index (χ0v) is 13.4. The van der Waals surface area contributed by atoms with Gasteiger partial charge in [0.05, 0.1) is 17.7 Å². The second-order valence-corrected chi connectivity index (χ2v) is 6.03. The van der Waals surface area contributed by atoms with Crippen LogP contribution in [0.4, 0.5) is 5.69 Å². The van der Waals surface area contributed by atoms with Crippen molar-refractivity contribution in [2.45, 2.75) is 39.2 Å². The summed E-state index contributed by atoms with van der Waals surface area (Å²) in [6.07, 6.45) is 2.93. The standard InChI is InChI=1S/C16H23ClN2O2/c1-3-8-21-15-5-4-12(10-13(15)17)19-16(20)14-9-11(2)6-7-18-14/h4-5,10-11,14,18H,3,6-9H2,1-2H3,(H,19,20). The Morgan fingerprint density at radius 3 is 3.00 bits per heavy atom. The lowest BCUT2D eigenvalue weighted by Gasteiger charge is -2.27. The van der Waals surface area contributed by atoms with Crippen LogP contribution in [0.15, 0.2) is 18.2 Å². The normalized spacial score (nSPS) is 21.9. The van der Waals surface area contributed by atoms with Gasteiger partial charge in [0.2, 0.25) is 5.91 Å². The van der Waals surface area contributed by atoms with Crippen LogP contribution >= 0.6 is 11.6 Å². The van der Waals surface area contributed by atoms with Gasteiger partial charge in [0.25, 0.3) is 0 Å². The van der Waals surface area contributed by atoms with Gasteiger partial charge in [0.15, 0.2) is 0 Å². The van der Waals surface area contributed by atoms with E-state index < -0.39 is 0 Å². The lowest BCUT2D eigenvalue weighted by molar-refractivity contribution is -0.119. The van der Waals surface area contributed by atoms with Crippen LogP contribution in [-0.4, -0.2) is 25.1 Å². The smallest absolute Gasteiger partial charge is 0.241 e. The maximum Gasteiger partial charge on any atom is 0.241 e. The Hall–Kier alpha value is -1.26. The molecule has 1 aromatic carbocycles. The van der Waals surface area contributed by atoms with Crippen molar-refractivity contribution in [3.63, 3.8) is 0 Å². The number of ether oxygens (including phenoxy) is 1. The highest BCUT2D eigenvalue weighted by atomic mass is 35.5.